The summed E-state index contributed by atoms with van der Waals surface area (Å²) < 4.78 is 1.79. The summed E-state index contributed by atoms with van der Waals surface area (Å²) in [6.45, 7) is 8.48. The van der Waals surface area contributed by atoms with E-state index in [1.807, 2.05) is 13.1 Å². The van der Waals surface area contributed by atoms with E-state index in [1.54, 1.807) is 10.9 Å². The molecule has 0 saturated carbocycles. The Morgan fingerprint density at radius 2 is 1.90 bits per heavy atom. The van der Waals surface area contributed by atoms with Gasteiger partial charge in [0.05, 0.1) is 12.7 Å². The fraction of sp³-hybridized carbons (Fsp3) is 0.538. The highest BCUT2D eigenvalue weighted by Gasteiger charge is 2.09. The fourth-order valence-corrected chi connectivity index (χ4v) is 1.87. The van der Waals surface area contributed by atoms with E-state index in [2.05, 4.69) is 44.8 Å². The number of aryl methyl sites for hydroxylation is 1. The van der Waals surface area contributed by atoms with E-state index in [0.29, 0.717) is 0 Å². The van der Waals surface area contributed by atoms with Crippen molar-refractivity contribution in [3.8, 4) is 0 Å². The van der Waals surface area contributed by atoms with Crippen molar-refractivity contribution in [3.63, 3.8) is 0 Å². The average molecular weight is 275 g/mol. The van der Waals surface area contributed by atoms with E-state index in [-0.39, 0.29) is 0 Å². The molecule has 2 N–H and O–H groups in total. The summed E-state index contributed by atoms with van der Waals surface area (Å²) in [4.78, 5) is 9.05. The Morgan fingerprint density at radius 1 is 1.15 bits per heavy atom. The normalized spacial score (nSPS) is 10.6. The number of nitrogens with zero attached hydrogens (tertiary/aromatic N) is 5. The minimum Gasteiger partial charge on any atom is -0.370 e. The van der Waals surface area contributed by atoms with Crippen LogP contribution in [0.1, 0.15) is 25.2 Å². The number of hydrogen-bond acceptors (Lipinski definition) is 6. The van der Waals surface area contributed by atoms with Crippen molar-refractivity contribution in [1.82, 2.24) is 25.0 Å². The van der Waals surface area contributed by atoms with Crippen LogP contribution in [0.25, 0.3) is 0 Å². The molecule has 7 heteroatoms. The molecule has 0 aromatic carbocycles. The van der Waals surface area contributed by atoms with Crippen molar-refractivity contribution in [2.24, 2.45) is 0 Å². The van der Waals surface area contributed by atoms with Gasteiger partial charge in [-0.1, -0.05) is 12.1 Å². The second-order valence-corrected chi connectivity index (χ2v) is 4.44. The molecule has 2 rings (SSSR count). The smallest absolute Gasteiger partial charge is 0.134 e. The predicted molar refractivity (Wildman–Crippen MR) is 78.8 cm³/mol. The molecule has 7 nitrogen and oxygen atoms in total. The summed E-state index contributed by atoms with van der Waals surface area (Å²) >= 11 is 0. The molecule has 0 unspecified atom stereocenters. The standard InChI is InChI=1S/C13H21N7/c1-4-11-17-12(14-5-2)10(3)13(18-11)15-6-8-20-9-7-16-19-20/h7,9H,4-6,8H2,1-3H3,(H2,14,15,17,18). The monoisotopic (exact) mass is 275 g/mol. The summed E-state index contributed by atoms with van der Waals surface area (Å²) in [7, 11) is 0. The molecule has 0 fully saturated rings. The first-order chi connectivity index (χ1) is 9.74. The van der Waals surface area contributed by atoms with Gasteiger partial charge in [0.25, 0.3) is 0 Å². The van der Waals surface area contributed by atoms with Gasteiger partial charge in [0.2, 0.25) is 0 Å². The van der Waals surface area contributed by atoms with E-state index in [1.165, 1.54) is 0 Å². The second-order valence-electron chi connectivity index (χ2n) is 4.44. The summed E-state index contributed by atoms with van der Waals surface area (Å²) in [5.74, 6) is 2.63. The Bertz CT molecular complexity index is 536. The number of rotatable bonds is 7. The molecule has 0 amide bonds. The molecule has 0 aliphatic carbocycles. The molecule has 2 aromatic rings. The molecule has 2 aromatic heterocycles. The first-order valence-electron chi connectivity index (χ1n) is 6.94. The van der Waals surface area contributed by atoms with E-state index >= 15 is 0 Å². The fourth-order valence-electron chi connectivity index (χ4n) is 1.87. The van der Waals surface area contributed by atoms with E-state index in [9.17, 15) is 0 Å². The van der Waals surface area contributed by atoms with Crippen molar-refractivity contribution in [2.75, 3.05) is 23.7 Å². The van der Waals surface area contributed by atoms with Gasteiger partial charge in [-0.25, -0.2) is 9.97 Å². The summed E-state index contributed by atoms with van der Waals surface area (Å²) in [6.07, 6.45) is 4.33. The van der Waals surface area contributed by atoms with Crippen LogP contribution in [0.5, 0.6) is 0 Å². The molecule has 108 valence electrons. The van der Waals surface area contributed by atoms with Crippen LogP contribution in [0.2, 0.25) is 0 Å². The maximum atomic E-state index is 4.55. The highest BCUT2D eigenvalue weighted by atomic mass is 15.4. The molecular formula is C13H21N7. The van der Waals surface area contributed by atoms with Crippen molar-refractivity contribution in [3.05, 3.63) is 23.8 Å². The predicted octanol–water partition coefficient (Wildman–Crippen LogP) is 1.48. The van der Waals surface area contributed by atoms with Gasteiger partial charge < -0.3 is 10.6 Å². The van der Waals surface area contributed by atoms with Crippen LogP contribution in [-0.2, 0) is 13.0 Å². The van der Waals surface area contributed by atoms with E-state index < -0.39 is 0 Å². The molecule has 0 aliphatic heterocycles. The van der Waals surface area contributed by atoms with Gasteiger partial charge in [-0.15, -0.1) is 5.10 Å². The van der Waals surface area contributed by atoms with Gasteiger partial charge in [-0.05, 0) is 13.8 Å². The molecule has 0 spiro atoms. The van der Waals surface area contributed by atoms with Crippen LogP contribution in [-0.4, -0.2) is 38.1 Å². The Balaban J connectivity index is 2.07. The lowest BCUT2D eigenvalue weighted by atomic mass is 10.3. The third-order valence-electron chi connectivity index (χ3n) is 2.96. The van der Waals surface area contributed by atoms with Crippen LogP contribution >= 0.6 is 0 Å². The maximum absolute atomic E-state index is 4.55. The van der Waals surface area contributed by atoms with Crippen molar-refractivity contribution < 1.29 is 0 Å². The van der Waals surface area contributed by atoms with Crippen molar-refractivity contribution in [1.29, 1.82) is 0 Å². The minimum atomic E-state index is 0.746. The SMILES string of the molecule is CCNc1nc(CC)nc(NCCn2ccnn2)c1C. The van der Waals surface area contributed by atoms with Crippen LogP contribution in [0.4, 0.5) is 11.6 Å². The quantitative estimate of drug-likeness (QED) is 0.796. The zero-order valence-electron chi connectivity index (χ0n) is 12.2. The van der Waals surface area contributed by atoms with Gasteiger partial charge in [0.1, 0.15) is 17.5 Å². The van der Waals surface area contributed by atoms with Gasteiger partial charge in [-0.2, -0.15) is 0 Å². The third-order valence-corrected chi connectivity index (χ3v) is 2.96. The lowest BCUT2D eigenvalue weighted by molar-refractivity contribution is 0.608. The van der Waals surface area contributed by atoms with Gasteiger partial charge in [-0.3, -0.25) is 4.68 Å². The highest BCUT2D eigenvalue weighted by molar-refractivity contribution is 5.57. The molecule has 0 saturated heterocycles. The molecule has 2 heterocycles. The summed E-state index contributed by atoms with van der Waals surface area (Å²) in [5, 5.41) is 14.3. The first-order valence-corrected chi connectivity index (χ1v) is 6.94. The minimum absolute atomic E-state index is 0.746. The topological polar surface area (TPSA) is 80.5 Å². The Kier molecular flexibility index (Phi) is 4.86. The lowest BCUT2D eigenvalue weighted by Crippen LogP contribution is -2.15. The van der Waals surface area contributed by atoms with Gasteiger partial charge in [0, 0.05) is 31.3 Å². The molecule has 20 heavy (non-hydrogen) atoms. The van der Waals surface area contributed by atoms with Crippen LogP contribution < -0.4 is 10.6 Å². The highest BCUT2D eigenvalue weighted by Crippen LogP contribution is 2.19. The van der Waals surface area contributed by atoms with Crippen LogP contribution in [0, 0.1) is 6.92 Å². The molecule has 0 atom stereocenters. The molecular weight excluding hydrogens is 254 g/mol. The first kappa shape index (κ1) is 14.2. The van der Waals surface area contributed by atoms with Crippen LogP contribution in [0.15, 0.2) is 12.4 Å². The van der Waals surface area contributed by atoms with Crippen molar-refractivity contribution >= 4 is 11.6 Å². The second kappa shape index (κ2) is 6.83. The number of hydrogen-bond donors (Lipinski definition) is 2. The molecule has 0 bridgehead atoms. The third kappa shape index (κ3) is 3.43. The zero-order chi connectivity index (χ0) is 14.4. The number of aromatic nitrogens is 5. The van der Waals surface area contributed by atoms with Crippen molar-refractivity contribution in [2.45, 2.75) is 33.7 Å². The van der Waals surface area contributed by atoms with Gasteiger partial charge in [0.15, 0.2) is 0 Å². The van der Waals surface area contributed by atoms with Gasteiger partial charge >= 0.3 is 0 Å². The van der Waals surface area contributed by atoms with Crippen LogP contribution in [0.3, 0.4) is 0 Å². The Morgan fingerprint density at radius 3 is 2.50 bits per heavy atom. The zero-order valence-corrected chi connectivity index (χ0v) is 12.2. The average Bonchev–Trinajstić information content (AvgIpc) is 2.96. The number of anilines is 2. The maximum Gasteiger partial charge on any atom is 0.134 e. The Hall–Kier alpha value is -2.18. The van der Waals surface area contributed by atoms with E-state index in [4.69, 9.17) is 0 Å². The van der Waals surface area contributed by atoms with E-state index in [0.717, 1.165) is 49.1 Å². The molecule has 0 radical (unpaired) electrons. The molecule has 0 aliphatic rings. The summed E-state index contributed by atoms with van der Waals surface area (Å²) in [6, 6.07) is 0. The largest absolute Gasteiger partial charge is 0.370 e. The lowest BCUT2D eigenvalue weighted by Gasteiger charge is -2.14. The Labute approximate surface area is 118 Å². The summed E-state index contributed by atoms with van der Waals surface area (Å²) in [5.41, 5.74) is 1.04. The number of nitrogens with one attached hydrogen (secondary N) is 2.